The number of aryl methyl sites for hydroxylation is 2. The third-order valence-electron chi connectivity index (χ3n) is 4.58. The van der Waals surface area contributed by atoms with E-state index in [4.69, 9.17) is 9.47 Å². The molecular formula is C19H27N3O2. The Balaban J connectivity index is 1.43. The van der Waals surface area contributed by atoms with Crippen LogP contribution in [-0.4, -0.2) is 48.0 Å². The molecule has 1 aliphatic heterocycles. The van der Waals surface area contributed by atoms with E-state index in [1.165, 1.54) is 12.1 Å². The lowest BCUT2D eigenvalue weighted by molar-refractivity contribution is 0.249. The molecule has 1 aliphatic rings. The first-order valence-electron chi connectivity index (χ1n) is 8.68. The number of aromatic nitrogens is 2. The molecule has 0 N–H and O–H groups in total. The molecule has 3 rings (SSSR count). The highest BCUT2D eigenvalue weighted by Crippen LogP contribution is 2.26. The van der Waals surface area contributed by atoms with Crippen molar-refractivity contribution in [1.82, 2.24) is 14.7 Å². The maximum Gasteiger partial charge on any atom is 0.161 e. The molecule has 2 heterocycles. The predicted octanol–water partition coefficient (Wildman–Crippen LogP) is 3.22. The molecule has 5 heteroatoms. The minimum absolute atomic E-state index is 0.508. The lowest BCUT2D eigenvalue weighted by Crippen LogP contribution is -2.24. The van der Waals surface area contributed by atoms with E-state index >= 15 is 0 Å². The number of benzene rings is 1. The zero-order valence-electron chi connectivity index (χ0n) is 14.9. The fourth-order valence-corrected chi connectivity index (χ4v) is 3.44. The molecule has 2 aromatic rings. The number of likely N-dealkylation sites (tertiary alicyclic amines) is 1. The van der Waals surface area contributed by atoms with Crippen LogP contribution in [0.3, 0.4) is 0 Å². The predicted molar refractivity (Wildman–Crippen MR) is 94.9 cm³/mol. The second-order valence-electron chi connectivity index (χ2n) is 6.47. The van der Waals surface area contributed by atoms with Gasteiger partial charge in [-0.3, -0.25) is 4.68 Å². The summed E-state index contributed by atoms with van der Waals surface area (Å²) in [5.41, 5.74) is 2.37. The van der Waals surface area contributed by atoms with Gasteiger partial charge in [-0.25, -0.2) is 0 Å². The summed E-state index contributed by atoms with van der Waals surface area (Å²) in [5.74, 6) is 1.62. The van der Waals surface area contributed by atoms with Gasteiger partial charge in [0.2, 0.25) is 0 Å². The number of hydrogen-bond acceptors (Lipinski definition) is 4. The lowest BCUT2D eigenvalue weighted by atomic mass is 10.2. The summed E-state index contributed by atoms with van der Waals surface area (Å²) in [4.78, 5) is 2.51. The molecule has 0 bridgehead atoms. The van der Waals surface area contributed by atoms with Crippen LogP contribution in [0.15, 0.2) is 30.3 Å². The third-order valence-corrected chi connectivity index (χ3v) is 4.58. The molecule has 0 radical (unpaired) electrons. The fourth-order valence-electron chi connectivity index (χ4n) is 3.44. The molecule has 0 spiro atoms. The minimum Gasteiger partial charge on any atom is -0.493 e. The standard InChI is InChI=1S/C19H27N3O2/c1-15-13-16(2)22(20-15)17-9-11-21(14-17)10-6-12-24-19-8-5-4-7-18(19)23-3/h4-5,7-8,13,17H,6,9-12,14H2,1-3H3. The Labute approximate surface area is 144 Å². The molecule has 1 unspecified atom stereocenters. The molecule has 5 nitrogen and oxygen atoms in total. The van der Waals surface area contributed by atoms with E-state index in [0.29, 0.717) is 12.6 Å². The molecule has 0 aliphatic carbocycles. The summed E-state index contributed by atoms with van der Waals surface area (Å²) >= 11 is 0. The van der Waals surface area contributed by atoms with Gasteiger partial charge in [0, 0.05) is 25.3 Å². The number of rotatable bonds is 7. The number of ether oxygens (including phenoxy) is 2. The van der Waals surface area contributed by atoms with Crippen LogP contribution in [-0.2, 0) is 0 Å². The molecule has 1 fully saturated rings. The SMILES string of the molecule is COc1ccccc1OCCCN1CCC(n2nc(C)cc2C)C1. The van der Waals surface area contributed by atoms with Crippen LogP contribution in [0.25, 0.3) is 0 Å². The first kappa shape index (κ1) is 16.8. The fraction of sp³-hybridized carbons (Fsp3) is 0.526. The summed E-state index contributed by atoms with van der Waals surface area (Å²) < 4.78 is 13.4. The molecule has 130 valence electrons. The highest BCUT2D eigenvalue weighted by atomic mass is 16.5. The Bertz CT molecular complexity index is 668. The van der Waals surface area contributed by atoms with Gasteiger partial charge in [-0.2, -0.15) is 5.10 Å². The van der Waals surface area contributed by atoms with Crippen molar-refractivity contribution in [1.29, 1.82) is 0 Å². The summed E-state index contributed by atoms with van der Waals surface area (Å²) in [6, 6.07) is 10.5. The third kappa shape index (κ3) is 3.90. The normalized spacial score (nSPS) is 18.0. The molecule has 24 heavy (non-hydrogen) atoms. The average molecular weight is 329 g/mol. The van der Waals surface area contributed by atoms with E-state index in [2.05, 4.69) is 34.6 Å². The monoisotopic (exact) mass is 329 g/mol. The van der Waals surface area contributed by atoms with E-state index in [-0.39, 0.29) is 0 Å². The first-order chi connectivity index (χ1) is 11.7. The van der Waals surface area contributed by atoms with Crippen LogP contribution in [0, 0.1) is 13.8 Å². The minimum atomic E-state index is 0.508. The summed E-state index contributed by atoms with van der Waals surface area (Å²) in [6.07, 6.45) is 2.19. The van der Waals surface area contributed by atoms with Crippen molar-refractivity contribution in [3.8, 4) is 11.5 Å². The second-order valence-corrected chi connectivity index (χ2v) is 6.47. The molecule has 1 aromatic heterocycles. The molecular weight excluding hydrogens is 302 g/mol. The Morgan fingerprint density at radius 3 is 2.71 bits per heavy atom. The van der Waals surface area contributed by atoms with Crippen LogP contribution in [0.2, 0.25) is 0 Å². The van der Waals surface area contributed by atoms with Crippen LogP contribution < -0.4 is 9.47 Å². The Morgan fingerprint density at radius 1 is 1.21 bits per heavy atom. The molecule has 1 atom stereocenters. The van der Waals surface area contributed by atoms with Crippen LogP contribution in [0.1, 0.15) is 30.3 Å². The quantitative estimate of drug-likeness (QED) is 0.731. The maximum atomic E-state index is 5.85. The lowest BCUT2D eigenvalue weighted by Gasteiger charge is -2.17. The Hall–Kier alpha value is -2.01. The van der Waals surface area contributed by atoms with Gasteiger partial charge < -0.3 is 14.4 Å². The number of methoxy groups -OCH3 is 1. The van der Waals surface area contributed by atoms with Crippen LogP contribution in [0.5, 0.6) is 11.5 Å². The Kier molecular flexibility index (Phi) is 5.41. The van der Waals surface area contributed by atoms with Crippen LogP contribution >= 0.6 is 0 Å². The van der Waals surface area contributed by atoms with Crippen LogP contribution in [0.4, 0.5) is 0 Å². The van der Waals surface area contributed by atoms with Crippen molar-refractivity contribution in [3.63, 3.8) is 0 Å². The van der Waals surface area contributed by atoms with Crippen molar-refractivity contribution < 1.29 is 9.47 Å². The second kappa shape index (κ2) is 7.71. The molecule has 1 aromatic carbocycles. The highest BCUT2D eigenvalue weighted by Gasteiger charge is 2.25. The summed E-state index contributed by atoms with van der Waals surface area (Å²) in [5, 5.41) is 4.63. The van der Waals surface area contributed by atoms with Crippen molar-refractivity contribution in [2.24, 2.45) is 0 Å². The van der Waals surface area contributed by atoms with Crippen molar-refractivity contribution in [2.45, 2.75) is 32.7 Å². The average Bonchev–Trinajstić information content (AvgIpc) is 3.18. The summed E-state index contributed by atoms with van der Waals surface area (Å²) in [6.45, 7) is 8.19. The number of para-hydroxylation sites is 2. The maximum absolute atomic E-state index is 5.85. The van der Waals surface area contributed by atoms with Crippen molar-refractivity contribution >= 4 is 0 Å². The van der Waals surface area contributed by atoms with Gasteiger partial charge in [-0.15, -0.1) is 0 Å². The van der Waals surface area contributed by atoms with E-state index in [1.54, 1.807) is 7.11 Å². The Morgan fingerprint density at radius 2 is 2.00 bits per heavy atom. The van der Waals surface area contributed by atoms with Gasteiger partial charge in [0.15, 0.2) is 11.5 Å². The number of nitrogens with zero attached hydrogens (tertiary/aromatic N) is 3. The van der Waals surface area contributed by atoms with Gasteiger partial charge in [-0.1, -0.05) is 12.1 Å². The molecule has 0 amide bonds. The van der Waals surface area contributed by atoms with E-state index < -0.39 is 0 Å². The van der Waals surface area contributed by atoms with E-state index in [9.17, 15) is 0 Å². The van der Waals surface area contributed by atoms with Gasteiger partial charge in [0.25, 0.3) is 0 Å². The van der Waals surface area contributed by atoms with Gasteiger partial charge in [0.05, 0.1) is 25.5 Å². The van der Waals surface area contributed by atoms with Gasteiger partial charge in [-0.05, 0) is 44.9 Å². The van der Waals surface area contributed by atoms with E-state index in [0.717, 1.165) is 43.2 Å². The number of hydrogen-bond donors (Lipinski definition) is 0. The smallest absolute Gasteiger partial charge is 0.161 e. The topological polar surface area (TPSA) is 39.5 Å². The van der Waals surface area contributed by atoms with Crippen molar-refractivity contribution in [2.75, 3.05) is 33.4 Å². The first-order valence-corrected chi connectivity index (χ1v) is 8.68. The van der Waals surface area contributed by atoms with Crippen molar-refractivity contribution in [3.05, 3.63) is 41.7 Å². The van der Waals surface area contributed by atoms with Gasteiger partial charge in [0.1, 0.15) is 0 Å². The van der Waals surface area contributed by atoms with E-state index in [1.807, 2.05) is 24.3 Å². The largest absolute Gasteiger partial charge is 0.493 e. The molecule has 1 saturated heterocycles. The summed E-state index contributed by atoms with van der Waals surface area (Å²) in [7, 11) is 1.67. The highest BCUT2D eigenvalue weighted by molar-refractivity contribution is 5.39. The van der Waals surface area contributed by atoms with Gasteiger partial charge >= 0.3 is 0 Å². The molecule has 0 saturated carbocycles. The zero-order chi connectivity index (χ0) is 16.9. The zero-order valence-corrected chi connectivity index (χ0v) is 14.9.